The Morgan fingerprint density at radius 2 is 2.38 bits per heavy atom. The van der Waals surface area contributed by atoms with Crippen molar-refractivity contribution in [1.29, 1.82) is 0 Å². The Labute approximate surface area is 93.9 Å². The fourth-order valence-electron chi connectivity index (χ4n) is 1.55. The number of ether oxygens (including phenoxy) is 1. The smallest absolute Gasteiger partial charge is 0.407 e. The van der Waals surface area contributed by atoms with Crippen LogP contribution in [0.25, 0.3) is 0 Å². The number of esters is 1. The molecule has 1 rings (SSSR count). The second kappa shape index (κ2) is 6.12. The first-order valence-corrected chi connectivity index (χ1v) is 5.09. The summed E-state index contributed by atoms with van der Waals surface area (Å²) in [4.78, 5) is 22.9. The highest BCUT2D eigenvalue weighted by Gasteiger charge is 2.21. The first kappa shape index (κ1) is 12.5. The average Bonchev–Trinajstić information content (AvgIpc) is 2.29. The number of hydrogen-bond acceptors (Lipinski definition) is 4. The summed E-state index contributed by atoms with van der Waals surface area (Å²) in [6.45, 7) is 1.59. The van der Waals surface area contributed by atoms with Crippen LogP contribution < -0.4 is 5.32 Å². The number of nitrogens with zero attached hydrogens (tertiary/aromatic N) is 1. The Balaban J connectivity index is 2.34. The molecule has 1 aliphatic heterocycles. The highest BCUT2D eigenvalue weighted by Crippen LogP contribution is 2.03. The number of methoxy groups -OCH3 is 1. The van der Waals surface area contributed by atoms with Crippen molar-refractivity contribution >= 4 is 12.1 Å². The largest absolute Gasteiger partial charge is 0.466 e. The maximum atomic E-state index is 10.8. The number of amides is 1. The Kier molecular flexibility index (Phi) is 4.78. The molecule has 0 aliphatic carbocycles. The van der Waals surface area contributed by atoms with E-state index >= 15 is 0 Å². The highest BCUT2D eigenvalue weighted by atomic mass is 16.5. The predicted molar refractivity (Wildman–Crippen MR) is 57.2 cm³/mol. The standard InChI is InChI=1S/C10H16N2O4/c1-16-9(13)4-2-3-8-7-12(10(14)15)6-5-11-8/h2,4,8,11H,3,5-7H2,1H3,(H,14,15)/t8-/m0/s1. The van der Waals surface area contributed by atoms with E-state index in [0.717, 1.165) is 0 Å². The third-order valence-corrected chi connectivity index (χ3v) is 2.40. The molecule has 0 aromatic rings. The predicted octanol–water partition coefficient (Wildman–Crippen LogP) is 0.0575. The van der Waals surface area contributed by atoms with E-state index in [0.29, 0.717) is 26.1 Å². The van der Waals surface area contributed by atoms with E-state index < -0.39 is 12.1 Å². The fourth-order valence-corrected chi connectivity index (χ4v) is 1.55. The summed E-state index contributed by atoms with van der Waals surface area (Å²) in [5.41, 5.74) is 0. The molecule has 0 radical (unpaired) electrons. The Hall–Kier alpha value is -1.56. The zero-order valence-corrected chi connectivity index (χ0v) is 9.18. The van der Waals surface area contributed by atoms with Gasteiger partial charge in [0.15, 0.2) is 0 Å². The lowest BCUT2D eigenvalue weighted by Crippen LogP contribution is -2.52. The van der Waals surface area contributed by atoms with Crippen LogP contribution in [-0.2, 0) is 9.53 Å². The summed E-state index contributed by atoms with van der Waals surface area (Å²) < 4.78 is 4.45. The van der Waals surface area contributed by atoms with Crippen molar-refractivity contribution in [3.8, 4) is 0 Å². The molecule has 0 saturated carbocycles. The van der Waals surface area contributed by atoms with Crippen LogP contribution in [0.4, 0.5) is 4.79 Å². The summed E-state index contributed by atoms with van der Waals surface area (Å²) in [7, 11) is 1.32. The van der Waals surface area contributed by atoms with Crippen LogP contribution in [0.2, 0.25) is 0 Å². The zero-order chi connectivity index (χ0) is 12.0. The fraction of sp³-hybridized carbons (Fsp3) is 0.600. The van der Waals surface area contributed by atoms with Gasteiger partial charge in [-0.1, -0.05) is 6.08 Å². The van der Waals surface area contributed by atoms with E-state index in [1.807, 2.05) is 0 Å². The van der Waals surface area contributed by atoms with Crippen molar-refractivity contribution in [1.82, 2.24) is 10.2 Å². The monoisotopic (exact) mass is 228 g/mol. The SMILES string of the molecule is COC(=O)C=CC[C@H]1CN(C(=O)O)CCN1. The van der Waals surface area contributed by atoms with Gasteiger partial charge in [-0.3, -0.25) is 0 Å². The van der Waals surface area contributed by atoms with E-state index in [2.05, 4.69) is 10.1 Å². The molecular formula is C10H16N2O4. The third-order valence-electron chi connectivity index (χ3n) is 2.40. The van der Waals surface area contributed by atoms with E-state index in [1.54, 1.807) is 6.08 Å². The van der Waals surface area contributed by atoms with Crippen molar-refractivity contribution in [3.05, 3.63) is 12.2 Å². The second-order valence-electron chi connectivity index (χ2n) is 3.54. The van der Waals surface area contributed by atoms with Crippen LogP contribution in [0.3, 0.4) is 0 Å². The molecule has 1 heterocycles. The van der Waals surface area contributed by atoms with Gasteiger partial charge in [0.05, 0.1) is 7.11 Å². The average molecular weight is 228 g/mol. The van der Waals surface area contributed by atoms with E-state index in [4.69, 9.17) is 5.11 Å². The summed E-state index contributed by atoms with van der Waals surface area (Å²) >= 11 is 0. The van der Waals surface area contributed by atoms with Crippen molar-refractivity contribution in [3.63, 3.8) is 0 Å². The van der Waals surface area contributed by atoms with Crippen LogP contribution in [0.15, 0.2) is 12.2 Å². The lowest BCUT2D eigenvalue weighted by molar-refractivity contribution is -0.134. The van der Waals surface area contributed by atoms with Crippen LogP contribution in [-0.4, -0.2) is 54.9 Å². The molecule has 1 saturated heterocycles. The van der Waals surface area contributed by atoms with Crippen LogP contribution in [0.1, 0.15) is 6.42 Å². The van der Waals surface area contributed by atoms with E-state index in [1.165, 1.54) is 18.1 Å². The Morgan fingerprint density at radius 3 is 3.00 bits per heavy atom. The van der Waals surface area contributed by atoms with Crippen molar-refractivity contribution in [2.75, 3.05) is 26.7 Å². The van der Waals surface area contributed by atoms with Gasteiger partial charge in [0.2, 0.25) is 0 Å². The second-order valence-corrected chi connectivity index (χ2v) is 3.54. The summed E-state index contributed by atoms with van der Waals surface area (Å²) in [5.74, 6) is -0.397. The highest BCUT2D eigenvalue weighted by molar-refractivity contribution is 5.81. The number of hydrogen-bond donors (Lipinski definition) is 2. The number of carboxylic acid groups (broad SMARTS) is 1. The molecule has 0 aromatic heterocycles. The first-order chi connectivity index (χ1) is 7.63. The van der Waals surface area contributed by atoms with Crippen LogP contribution >= 0.6 is 0 Å². The molecule has 1 amide bonds. The van der Waals surface area contributed by atoms with Gasteiger partial charge < -0.3 is 20.1 Å². The van der Waals surface area contributed by atoms with Crippen LogP contribution in [0, 0.1) is 0 Å². The van der Waals surface area contributed by atoms with Crippen molar-refractivity contribution < 1.29 is 19.4 Å². The number of carbonyl (C=O) groups excluding carboxylic acids is 1. The van der Waals surface area contributed by atoms with Gasteiger partial charge in [-0.2, -0.15) is 0 Å². The normalized spacial score (nSPS) is 21.1. The minimum atomic E-state index is -0.900. The molecule has 90 valence electrons. The minimum absolute atomic E-state index is 0.0609. The maximum Gasteiger partial charge on any atom is 0.407 e. The molecule has 0 bridgehead atoms. The molecule has 0 spiro atoms. The summed E-state index contributed by atoms with van der Waals surface area (Å²) in [6, 6.07) is 0.0609. The molecule has 1 aliphatic rings. The molecule has 1 fully saturated rings. The van der Waals surface area contributed by atoms with E-state index in [9.17, 15) is 9.59 Å². The van der Waals surface area contributed by atoms with Gasteiger partial charge in [0.1, 0.15) is 0 Å². The maximum absolute atomic E-state index is 10.8. The molecule has 1 atom stereocenters. The van der Waals surface area contributed by atoms with Gasteiger partial charge in [-0.25, -0.2) is 9.59 Å². The van der Waals surface area contributed by atoms with Crippen LogP contribution in [0.5, 0.6) is 0 Å². The minimum Gasteiger partial charge on any atom is -0.466 e. The molecule has 6 heteroatoms. The quantitative estimate of drug-likeness (QED) is 0.527. The number of rotatable bonds is 3. The third kappa shape index (κ3) is 3.90. The molecular weight excluding hydrogens is 212 g/mol. The molecule has 6 nitrogen and oxygen atoms in total. The van der Waals surface area contributed by atoms with Crippen molar-refractivity contribution in [2.45, 2.75) is 12.5 Å². The van der Waals surface area contributed by atoms with Gasteiger partial charge in [0, 0.05) is 31.8 Å². The molecule has 0 aromatic carbocycles. The number of piperazine rings is 1. The Bertz CT molecular complexity index is 291. The molecule has 16 heavy (non-hydrogen) atoms. The molecule has 2 N–H and O–H groups in total. The lowest BCUT2D eigenvalue weighted by atomic mass is 10.1. The summed E-state index contributed by atoms with van der Waals surface area (Å²) in [6.07, 6.45) is 2.75. The molecule has 0 unspecified atom stereocenters. The van der Waals surface area contributed by atoms with Crippen molar-refractivity contribution in [2.24, 2.45) is 0 Å². The number of nitrogens with one attached hydrogen (secondary N) is 1. The van der Waals surface area contributed by atoms with E-state index in [-0.39, 0.29) is 6.04 Å². The zero-order valence-electron chi connectivity index (χ0n) is 9.18. The van der Waals surface area contributed by atoms with Gasteiger partial charge >= 0.3 is 12.1 Å². The lowest BCUT2D eigenvalue weighted by Gasteiger charge is -2.31. The Morgan fingerprint density at radius 1 is 1.62 bits per heavy atom. The van der Waals surface area contributed by atoms with Gasteiger partial charge in [0.25, 0.3) is 0 Å². The van der Waals surface area contributed by atoms with Gasteiger partial charge in [-0.05, 0) is 6.42 Å². The topological polar surface area (TPSA) is 78.9 Å². The number of carbonyl (C=O) groups is 2. The summed E-state index contributed by atoms with van der Waals surface area (Å²) in [5, 5.41) is 12.0. The van der Waals surface area contributed by atoms with Gasteiger partial charge in [-0.15, -0.1) is 0 Å². The first-order valence-electron chi connectivity index (χ1n) is 5.09.